The van der Waals surface area contributed by atoms with Crippen LogP contribution >= 0.6 is 0 Å². The molecule has 0 atom stereocenters. The van der Waals surface area contributed by atoms with E-state index in [0.717, 1.165) is 0 Å². The van der Waals surface area contributed by atoms with E-state index in [0.29, 0.717) is 6.61 Å². The number of hydrogen-bond donors (Lipinski definition) is 1. The molecule has 0 spiro atoms. The van der Waals surface area contributed by atoms with Gasteiger partial charge in [0.05, 0.1) is 6.61 Å². The zero-order chi connectivity index (χ0) is 9.98. The maximum absolute atomic E-state index is 9.82. The summed E-state index contributed by atoms with van der Waals surface area (Å²) in [6, 6.07) is 0. The van der Waals surface area contributed by atoms with Gasteiger partial charge in [0.2, 0.25) is 6.54 Å². The topological polar surface area (TPSA) is 89.7 Å². The van der Waals surface area contributed by atoms with Gasteiger partial charge in [-0.25, -0.2) is 0 Å². The molecule has 0 fully saturated rings. The lowest BCUT2D eigenvalue weighted by molar-refractivity contribution is -0.482. The third-order valence-electron chi connectivity index (χ3n) is 0.630. The van der Waals surface area contributed by atoms with Crippen LogP contribution in [0.3, 0.4) is 0 Å². The molecule has 0 amide bonds. The molecule has 0 aliphatic heterocycles. The van der Waals surface area contributed by atoms with Crippen molar-refractivity contribution in [1.82, 2.24) is 0 Å². The number of carbonyl (C=O) groups excluding carboxylic acids is 1. The summed E-state index contributed by atoms with van der Waals surface area (Å²) in [6.07, 6.45) is 0. The highest BCUT2D eigenvalue weighted by Crippen LogP contribution is 1.69. The van der Waals surface area contributed by atoms with Crippen LogP contribution in [0.1, 0.15) is 13.8 Å². The molecule has 0 heterocycles. The molecular weight excluding hydrogens is 166 g/mol. The summed E-state index contributed by atoms with van der Waals surface area (Å²) in [5.41, 5.74) is 0. The van der Waals surface area contributed by atoms with Crippen LogP contribution in [0, 0.1) is 10.1 Å². The summed E-state index contributed by atoms with van der Waals surface area (Å²) in [7, 11) is 0. The van der Waals surface area contributed by atoms with E-state index < -0.39 is 4.92 Å². The van der Waals surface area contributed by atoms with Crippen molar-refractivity contribution in [2.75, 3.05) is 19.8 Å². The number of ether oxygens (including phenoxy) is 1. The Bertz CT molecular complexity index is 120. The number of nitro groups is 1. The highest BCUT2D eigenvalue weighted by molar-refractivity contribution is 5.65. The lowest BCUT2D eigenvalue weighted by atomic mass is 10.7. The van der Waals surface area contributed by atoms with Crippen molar-refractivity contribution < 1.29 is 19.6 Å². The summed E-state index contributed by atoms with van der Waals surface area (Å²) in [5, 5.41) is 17.0. The van der Waals surface area contributed by atoms with E-state index in [1.54, 1.807) is 6.92 Å². The van der Waals surface area contributed by atoms with Gasteiger partial charge >= 0.3 is 5.97 Å². The minimum Gasteiger partial charge on any atom is -0.466 e. The molecule has 6 nitrogen and oxygen atoms in total. The zero-order valence-corrected chi connectivity index (χ0v) is 7.15. The number of esters is 1. The Balaban J connectivity index is 0. The van der Waals surface area contributed by atoms with E-state index in [1.807, 2.05) is 0 Å². The van der Waals surface area contributed by atoms with Crippen LogP contribution < -0.4 is 0 Å². The fourth-order valence-corrected chi connectivity index (χ4v) is 0.285. The number of carbonyl (C=O) groups is 1. The first-order valence-corrected chi connectivity index (χ1v) is 3.40. The number of hydrogen-bond acceptors (Lipinski definition) is 5. The van der Waals surface area contributed by atoms with E-state index in [9.17, 15) is 14.9 Å². The molecule has 0 unspecified atom stereocenters. The molecule has 0 aliphatic carbocycles. The third-order valence-corrected chi connectivity index (χ3v) is 0.630. The number of rotatable bonds is 3. The first-order valence-electron chi connectivity index (χ1n) is 3.40. The molecule has 0 bridgehead atoms. The maximum atomic E-state index is 9.82. The van der Waals surface area contributed by atoms with Gasteiger partial charge in [-0.15, -0.1) is 0 Å². The number of nitrogens with zero attached hydrogens (tertiary/aromatic N) is 1. The monoisotopic (exact) mass is 179 g/mol. The Morgan fingerprint density at radius 3 is 2.17 bits per heavy atom. The van der Waals surface area contributed by atoms with Crippen molar-refractivity contribution in [1.29, 1.82) is 0 Å². The van der Waals surface area contributed by atoms with Crippen molar-refractivity contribution in [2.24, 2.45) is 0 Å². The van der Waals surface area contributed by atoms with Gasteiger partial charge < -0.3 is 9.84 Å². The smallest absolute Gasteiger partial charge is 0.302 e. The van der Waals surface area contributed by atoms with E-state index in [1.165, 1.54) is 6.92 Å². The predicted molar refractivity (Wildman–Crippen MR) is 41.3 cm³/mol. The van der Waals surface area contributed by atoms with E-state index in [4.69, 9.17) is 5.11 Å². The van der Waals surface area contributed by atoms with Crippen LogP contribution in [-0.2, 0) is 9.53 Å². The fraction of sp³-hybridized carbons (Fsp3) is 0.833. The van der Waals surface area contributed by atoms with Crippen LogP contribution in [0.5, 0.6) is 0 Å². The highest BCUT2D eigenvalue weighted by Gasteiger charge is 1.87. The molecule has 72 valence electrons. The van der Waals surface area contributed by atoms with Crippen molar-refractivity contribution in [3.8, 4) is 0 Å². The first-order chi connectivity index (χ1) is 5.54. The second kappa shape index (κ2) is 9.83. The van der Waals surface area contributed by atoms with Crippen LogP contribution in [0.2, 0.25) is 0 Å². The summed E-state index contributed by atoms with van der Waals surface area (Å²) in [5.74, 6) is -0.211. The van der Waals surface area contributed by atoms with Crippen molar-refractivity contribution >= 4 is 5.97 Å². The minimum atomic E-state index is -0.569. The van der Waals surface area contributed by atoms with Crippen LogP contribution in [0.25, 0.3) is 0 Å². The summed E-state index contributed by atoms with van der Waals surface area (Å²) in [6.45, 7) is 2.94. The van der Waals surface area contributed by atoms with Crippen LogP contribution in [0.15, 0.2) is 0 Å². The minimum absolute atomic E-state index is 0.211. The van der Waals surface area contributed by atoms with E-state index >= 15 is 0 Å². The van der Waals surface area contributed by atoms with Gasteiger partial charge in [0.1, 0.15) is 6.61 Å². The standard InChI is InChI=1S/C4H8O2.C2H5NO3/c1-3-6-4(2)5;4-2-1-3(5)6/h3H2,1-2H3;4H,1-2H2. The Hall–Kier alpha value is -1.17. The van der Waals surface area contributed by atoms with Crippen molar-refractivity contribution in [3.05, 3.63) is 10.1 Å². The largest absolute Gasteiger partial charge is 0.466 e. The van der Waals surface area contributed by atoms with Crippen molar-refractivity contribution in [2.45, 2.75) is 13.8 Å². The third kappa shape index (κ3) is 23.2. The summed E-state index contributed by atoms with van der Waals surface area (Å²) >= 11 is 0. The lowest BCUT2D eigenvalue weighted by Crippen LogP contribution is -2.03. The number of aliphatic hydroxyl groups is 1. The molecule has 0 aromatic heterocycles. The van der Waals surface area contributed by atoms with Gasteiger partial charge in [-0.2, -0.15) is 0 Å². The molecule has 0 rings (SSSR count). The maximum Gasteiger partial charge on any atom is 0.302 e. The molecule has 1 N–H and O–H groups in total. The van der Waals surface area contributed by atoms with Crippen LogP contribution in [-0.4, -0.2) is 35.8 Å². The normalized spacial score (nSPS) is 7.92. The van der Waals surface area contributed by atoms with Gasteiger partial charge in [0, 0.05) is 11.8 Å². The molecule has 0 aromatic rings. The molecule has 6 heteroatoms. The zero-order valence-electron chi connectivity index (χ0n) is 7.15. The molecule has 12 heavy (non-hydrogen) atoms. The molecule has 0 aromatic carbocycles. The average Bonchev–Trinajstić information content (AvgIpc) is 1.87. The van der Waals surface area contributed by atoms with E-state index in [2.05, 4.69) is 4.74 Å². The van der Waals surface area contributed by atoms with E-state index in [-0.39, 0.29) is 19.1 Å². The predicted octanol–water partition coefficient (Wildman–Crippen LogP) is -0.175. The molecule has 0 saturated carbocycles. The van der Waals surface area contributed by atoms with Gasteiger partial charge in [-0.05, 0) is 6.92 Å². The fourth-order valence-electron chi connectivity index (χ4n) is 0.285. The Morgan fingerprint density at radius 1 is 1.67 bits per heavy atom. The SMILES string of the molecule is CCOC(C)=O.O=[N+]([O-])CCO. The van der Waals surface area contributed by atoms with Gasteiger partial charge in [-0.1, -0.05) is 0 Å². The first kappa shape index (κ1) is 13.4. The quantitative estimate of drug-likeness (QED) is 0.369. The molecule has 0 saturated heterocycles. The highest BCUT2D eigenvalue weighted by atomic mass is 16.6. The Kier molecular flexibility index (Phi) is 11.0. The second-order valence-corrected chi connectivity index (χ2v) is 1.70. The summed E-state index contributed by atoms with van der Waals surface area (Å²) < 4.78 is 4.40. The van der Waals surface area contributed by atoms with Crippen LogP contribution in [0.4, 0.5) is 0 Å². The molecule has 0 aliphatic rings. The Labute approximate surface area is 70.3 Å². The van der Waals surface area contributed by atoms with Crippen molar-refractivity contribution in [3.63, 3.8) is 0 Å². The van der Waals surface area contributed by atoms with Gasteiger partial charge in [0.25, 0.3) is 0 Å². The number of aliphatic hydroxyl groups excluding tert-OH is 1. The average molecular weight is 179 g/mol. The molecule has 0 radical (unpaired) electrons. The summed E-state index contributed by atoms with van der Waals surface area (Å²) in [4.78, 5) is 18.5. The molecular formula is C6H13NO5. The lowest BCUT2D eigenvalue weighted by Gasteiger charge is -1.89. The Morgan fingerprint density at radius 2 is 2.17 bits per heavy atom. The van der Waals surface area contributed by atoms with Gasteiger partial charge in [0.15, 0.2) is 0 Å². The van der Waals surface area contributed by atoms with Gasteiger partial charge in [-0.3, -0.25) is 14.9 Å². The second-order valence-electron chi connectivity index (χ2n) is 1.70.